The van der Waals surface area contributed by atoms with Crippen LogP contribution in [0, 0.1) is 0 Å². The minimum absolute atomic E-state index is 0.0612. The third kappa shape index (κ3) is 2.63. The summed E-state index contributed by atoms with van der Waals surface area (Å²) in [5.74, 6) is 0. The van der Waals surface area contributed by atoms with Crippen molar-refractivity contribution in [3.8, 4) is 0 Å². The van der Waals surface area contributed by atoms with Gasteiger partial charge in [-0.05, 0) is 36.0 Å². The summed E-state index contributed by atoms with van der Waals surface area (Å²) < 4.78 is 12.0. The predicted molar refractivity (Wildman–Crippen MR) is 69.4 cm³/mol. The average Bonchev–Trinajstić information content (AvgIpc) is 2.79. The lowest BCUT2D eigenvalue weighted by molar-refractivity contribution is 0.236. The highest BCUT2D eigenvalue weighted by atomic mass is 19.1. The van der Waals surface area contributed by atoms with Gasteiger partial charge >= 0.3 is 6.03 Å². The molecule has 1 aromatic rings. The van der Waals surface area contributed by atoms with Crippen LogP contribution in [0.25, 0.3) is 0 Å². The van der Waals surface area contributed by atoms with Crippen molar-refractivity contribution in [1.29, 1.82) is 0 Å². The van der Waals surface area contributed by atoms with Crippen molar-refractivity contribution in [3.63, 3.8) is 0 Å². The van der Waals surface area contributed by atoms with Crippen LogP contribution in [0.3, 0.4) is 0 Å². The summed E-state index contributed by atoms with van der Waals surface area (Å²) in [6.45, 7) is 1.68. The molecule has 0 spiro atoms. The monoisotopic (exact) mass is 250 g/mol. The average molecular weight is 250 g/mol. The van der Waals surface area contributed by atoms with Crippen molar-refractivity contribution in [2.45, 2.75) is 32.2 Å². The summed E-state index contributed by atoms with van der Waals surface area (Å²) in [4.78, 5) is 11.5. The van der Waals surface area contributed by atoms with Gasteiger partial charge < -0.3 is 10.6 Å². The van der Waals surface area contributed by atoms with Crippen molar-refractivity contribution in [2.75, 3.05) is 13.2 Å². The van der Waals surface area contributed by atoms with Crippen molar-refractivity contribution in [3.05, 3.63) is 34.9 Å². The zero-order valence-corrected chi connectivity index (χ0v) is 10.6. The summed E-state index contributed by atoms with van der Waals surface area (Å²) in [6, 6.07) is 6.03. The van der Waals surface area contributed by atoms with Gasteiger partial charge in [0.15, 0.2) is 0 Å². The molecule has 1 aromatic carbocycles. The minimum Gasteiger partial charge on any atom is -0.336 e. The Bertz CT molecular complexity index is 434. The summed E-state index contributed by atoms with van der Waals surface area (Å²) in [6.07, 6.45) is 2.95. The number of hydrogen-bond acceptors (Lipinski definition) is 1. The van der Waals surface area contributed by atoms with E-state index in [2.05, 4.69) is 29.7 Å². The van der Waals surface area contributed by atoms with Crippen LogP contribution in [-0.4, -0.2) is 19.3 Å². The molecule has 0 radical (unpaired) electrons. The van der Waals surface area contributed by atoms with E-state index in [0.717, 1.165) is 19.3 Å². The number of aryl methyl sites for hydroxylation is 1. The number of nitrogens with one attached hydrogen (secondary N) is 2. The van der Waals surface area contributed by atoms with E-state index >= 15 is 0 Å². The molecule has 1 atom stereocenters. The molecule has 2 N–H and O–H groups in total. The molecule has 0 bridgehead atoms. The SMILES string of the molecule is CCc1cccc2c1CCC2NC(=O)NCCF. The quantitative estimate of drug-likeness (QED) is 0.847. The fourth-order valence-corrected chi connectivity index (χ4v) is 2.58. The van der Waals surface area contributed by atoms with E-state index in [1.807, 2.05) is 6.07 Å². The van der Waals surface area contributed by atoms with Gasteiger partial charge in [-0.1, -0.05) is 25.1 Å². The molecule has 1 unspecified atom stereocenters. The van der Waals surface area contributed by atoms with E-state index in [4.69, 9.17) is 0 Å². The van der Waals surface area contributed by atoms with Gasteiger partial charge in [-0.3, -0.25) is 0 Å². The number of hydrogen-bond donors (Lipinski definition) is 2. The van der Waals surface area contributed by atoms with Crippen LogP contribution in [0.5, 0.6) is 0 Å². The highest BCUT2D eigenvalue weighted by molar-refractivity contribution is 5.74. The highest BCUT2D eigenvalue weighted by Gasteiger charge is 2.25. The lowest BCUT2D eigenvalue weighted by atomic mass is 10.0. The summed E-state index contributed by atoms with van der Waals surface area (Å²) in [5.41, 5.74) is 3.95. The molecule has 2 amide bonds. The van der Waals surface area contributed by atoms with Gasteiger partial charge in [0.1, 0.15) is 6.67 Å². The van der Waals surface area contributed by atoms with Gasteiger partial charge in [-0.2, -0.15) is 0 Å². The molecular weight excluding hydrogens is 231 g/mol. The van der Waals surface area contributed by atoms with Crippen LogP contribution in [0.4, 0.5) is 9.18 Å². The van der Waals surface area contributed by atoms with Crippen LogP contribution in [0.1, 0.15) is 36.1 Å². The minimum atomic E-state index is -0.533. The smallest absolute Gasteiger partial charge is 0.315 e. The molecule has 0 aromatic heterocycles. The van der Waals surface area contributed by atoms with E-state index < -0.39 is 6.67 Å². The van der Waals surface area contributed by atoms with E-state index in [-0.39, 0.29) is 18.6 Å². The molecule has 0 fully saturated rings. The van der Waals surface area contributed by atoms with Gasteiger partial charge in [-0.25, -0.2) is 9.18 Å². The van der Waals surface area contributed by atoms with Crippen LogP contribution in [0.15, 0.2) is 18.2 Å². The first kappa shape index (κ1) is 12.9. The van der Waals surface area contributed by atoms with E-state index in [1.54, 1.807) is 0 Å². The molecule has 3 nitrogen and oxygen atoms in total. The van der Waals surface area contributed by atoms with Crippen LogP contribution < -0.4 is 10.6 Å². The number of carbonyl (C=O) groups is 1. The van der Waals surface area contributed by atoms with Crippen LogP contribution in [-0.2, 0) is 12.8 Å². The second-order valence-electron chi connectivity index (χ2n) is 4.52. The number of benzene rings is 1. The van der Waals surface area contributed by atoms with E-state index in [0.29, 0.717) is 0 Å². The molecule has 18 heavy (non-hydrogen) atoms. The van der Waals surface area contributed by atoms with Gasteiger partial charge in [0.25, 0.3) is 0 Å². The highest BCUT2D eigenvalue weighted by Crippen LogP contribution is 2.33. The first-order chi connectivity index (χ1) is 8.76. The van der Waals surface area contributed by atoms with Crippen LogP contribution >= 0.6 is 0 Å². The fraction of sp³-hybridized carbons (Fsp3) is 0.500. The maximum absolute atomic E-state index is 12.0. The van der Waals surface area contributed by atoms with Gasteiger partial charge in [-0.15, -0.1) is 0 Å². The Kier molecular flexibility index (Phi) is 4.18. The zero-order chi connectivity index (χ0) is 13.0. The van der Waals surface area contributed by atoms with Gasteiger partial charge in [0.2, 0.25) is 0 Å². The third-order valence-electron chi connectivity index (χ3n) is 3.43. The Hall–Kier alpha value is -1.58. The van der Waals surface area contributed by atoms with Crippen LogP contribution in [0.2, 0.25) is 0 Å². The van der Waals surface area contributed by atoms with Gasteiger partial charge in [0, 0.05) is 6.54 Å². The molecule has 1 aliphatic rings. The lowest BCUT2D eigenvalue weighted by Crippen LogP contribution is -2.38. The number of alkyl halides is 1. The molecule has 4 heteroatoms. The molecule has 2 rings (SSSR count). The van der Waals surface area contributed by atoms with Gasteiger partial charge in [0.05, 0.1) is 6.04 Å². The van der Waals surface area contributed by atoms with Crippen molar-refractivity contribution in [1.82, 2.24) is 10.6 Å². The molecule has 0 heterocycles. The van der Waals surface area contributed by atoms with Crippen molar-refractivity contribution < 1.29 is 9.18 Å². The molecule has 0 saturated heterocycles. The Morgan fingerprint density at radius 1 is 1.50 bits per heavy atom. The maximum Gasteiger partial charge on any atom is 0.315 e. The Labute approximate surface area is 107 Å². The second-order valence-corrected chi connectivity index (χ2v) is 4.52. The number of rotatable bonds is 4. The molecule has 0 aliphatic heterocycles. The topological polar surface area (TPSA) is 41.1 Å². The normalized spacial score (nSPS) is 17.3. The van der Waals surface area contributed by atoms with E-state index in [1.165, 1.54) is 16.7 Å². The molecule has 1 aliphatic carbocycles. The second kappa shape index (κ2) is 5.85. The summed E-state index contributed by atoms with van der Waals surface area (Å²) in [7, 11) is 0. The first-order valence-corrected chi connectivity index (χ1v) is 6.47. The number of amides is 2. The zero-order valence-electron chi connectivity index (χ0n) is 10.6. The van der Waals surface area contributed by atoms with Crippen molar-refractivity contribution >= 4 is 6.03 Å². The summed E-state index contributed by atoms with van der Waals surface area (Å²) in [5, 5.41) is 5.40. The summed E-state index contributed by atoms with van der Waals surface area (Å²) >= 11 is 0. The maximum atomic E-state index is 12.0. The molecular formula is C14H19FN2O. The predicted octanol–water partition coefficient (Wildman–Crippen LogP) is 2.51. The standard InChI is InChI=1S/C14H19FN2O/c1-2-10-4-3-5-12-11(10)6-7-13(12)17-14(18)16-9-8-15/h3-5,13H,2,6-9H2,1H3,(H2,16,17,18). The van der Waals surface area contributed by atoms with Crippen molar-refractivity contribution in [2.24, 2.45) is 0 Å². The first-order valence-electron chi connectivity index (χ1n) is 6.47. The third-order valence-corrected chi connectivity index (χ3v) is 3.43. The van der Waals surface area contributed by atoms with E-state index in [9.17, 15) is 9.18 Å². The largest absolute Gasteiger partial charge is 0.336 e. The fourth-order valence-electron chi connectivity index (χ4n) is 2.58. The Morgan fingerprint density at radius 2 is 2.33 bits per heavy atom. The number of halogens is 1. The molecule has 0 saturated carbocycles. The number of urea groups is 1. The number of fused-ring (bicyclic) bond motifs is 1. The number of carbonyl (C=O) groups excluding carboxylic acids is 1. The Balaban J connectivity index is 2.05. The lowest BCUT2D eigenvalue weighted by Gasteiger charge is -2.15. The molecule has 98 valence electrons. The Morgan fingerprint density at radius 3 is 3.06 bits per heavy atom.